The van der Waals surface area contributed by atoms with E-state index in [0.717, 1.165) is 17.8 Å². The molecule has 2 N–H and O–H groups in total. The highest BCUT2D eigenvalue weighted by atomic mass is 35.5. The average molecular weight is 327 g/mol. The van der Waals surface area contributed by atoms with E-state index in [1.165, 1.54) is 13.2 Å². The smallest absolute Gasteiger partial charge is 0.331 e. The SMILES string of the molecule is COC(=O)/C=C1\S[C@H](NC(=O)c2cccc(Cl)c2)NC1=O. The molecule has 0 aliphatic carbocycles. The molecule has 1 aliphatic heterocycles. The van der Waals surface area contributed by atoms with Crippen LogP contribution in [0.1, 0.15) is 10.4 Å². The van der Waals surface area contributed by atoms with Gasteiger partial charge in [0.05, 0.1) is 12.0 Å². The Morgan fingerprint density at radius 1 is 1.48 bits per heavy atom. The van der Waals surface area contributed by atoms with E-state index < -0.39 is 17.4 Å². The number of carbonyl (C=O) groups excluding carboxylic acids is 3. The maximum absolute atomic E-state index is 12.0. The van der Waals surface area contributed by atoms with Crippen LogP contribution in [0.4, 0.5) is 0 Å². The third-order valence-electron chi connectivity index (χ3n) is 2.53. The van der Waals surface area contributed by atoms with Crippen LogP contribution in [0.5, 0.6) is 0 Å². The molecule has 1 aliphatic rings. The molecule has 0 radical (unpaired) electrons. The summed E-state index contributed by atoms with van der Waals surface area (Å²) in [7, 11) is 1.22. The van der Waals surface area contributed by atoms with Gasteiger partial charge in [0, 0.05) is 16.7 Å². The predicted octanol–water partition coefficient (Wildman–Crippen LogP) is 1.27. The molecule has 1 aromatic carbocycles. The van der Waals surface area contributed by atoms with E-state index in [1.54, 1.807) is 18.2 Å². The summed E-state index contributed by atoms with van der Waals surface area (Å²) in [4.78, 5) is 34.9. The molecule has 1 atom stereocenters. The summed E-state index contributed by atoms with van der Waals surface area (Å²) < 4.78 is 4.45. The van der Waals surface area contributed by atoms with Crippen molar-refractivity contribution in [2.45, 2.75) is 5.50 Å². The highest BCUT2D eigenvalue weighted by Crippen LogP contribution is 2.26. The van der Waals surface area contributed by atoms with Crippen molar-refractivity contribution in [3.63, 3.8) is 0 Å². The molecule has 0 spiro atoms. The fraction of sp³-hybridized carbons (Fsp3) is 0.154. The van der Waals surface area contributed by atoms with Crippen LogP contribution in [0, 0.1) is 0 Å². The third-order valence-corrected chi connectivity index (χ3v) is 3.79. The number of ether oxygens (including phenoxy) is 1. The molecule has 2 amide bonds. The largest absolute Gasteiger partial charge is 0.466 e. The number of hydrogen-bond donors (Lipinski definition) is 2. The van der Waals surface area contributed by atoms with Gasteiger partial charge in [-0.15, -0.1) is 0 Å². The Morgan fingerprint density at radius 2 is 2.24 bits per heavy atom. The zero-order chi connectivity index (χ0) is 15.4. The van der Waals surface area contributed by atoms with Crippen LogP contribution in [0.3, 0.4) is 0 Å². The van der Waals surface area contributed by atoms with Gasteiger partial charge in [0.15, 0.2) is 5.50 Å². The zero-order valence-electron chi connectivity index (χ0n) is 10.9. The predicted molar refractivity (Wildman–Crippen MR) is 78.5 cm³/mol. The standard InChI is InChI=1S/C13H11ClN2O4S/c1-20-10(17)6-9-12(19)16-13(21-9)15-11(18)7-3-2-4-8(14)5-7/h2-6,13H,1H3,(H,15,18)(H,16,19)/b9-6-/t13-/m1/s1. The quantitative estimate of drug-likeness (QED) is 0.645. The summed E-state index contributed by atoms with van der Waals surface area (Å²) in [6, 6.07) is 6.43. The van der Waals surface area contributed by atoms with Gasteiger partial charge in [0.2, 0.25) is 0 Å². The van der Waals surface area contributed by atoms with Crippen LogP contribution in [-0.4, -0.2) is 30.4 Å². The number of hydrogen-bond acceptors (Lipinski definition) is 5. The number of benzene rings is 1. The molecule has 0 saturated carbocycles. The lowest BCUT2D eigenvalue weighted by molar-refractivity contribution is -0.135. The van der Waals surface area contributed by atoms with Crippen LogP contribution in [0.15, 0.2) is 35.2 Å². The summed E-state index contributed by atoms with van der Waals surface area (Å²) >= 11 is 6.83. The number of rotatable bonds is 3. The van der Waals surface area contributed by atoms with Crippen LogP contribution in [-0.2, 0) is 14.3 Å². The lowest BCUT2D eigenvalue weighted by Crippen LogP contribution is -2.41. The molecule has 0 bridgehead atoms. The Labute approximate surface area is 129 Å². The summed E-state index contributed by atoms with van der Waals surface area (Å²) in [5, 5.41) is 5.59. The van der Waals surface area contributed by atoms with Crippen molar-refractivity contribution >= 4 is 41.1 Å². The Morgan fingerprint density at radius 3 is 2.90 bits per heavy atom. The van der Waals surface area contributed by atoms with Crippen molar-refractivity contribution in [2.24, 2.45) is 0 Å². The minimum absolute atomic E-state index is 0.179. The molecule has 1 aromatic rings. The number of methoxy groups -OCH3 is 1. The van der Waals surface area contributed by atoms with Gasteiger partial charge in [0.1, 0.15) is 0 Å². The van der Waals surface area contributed by atoms with Crippen molar-refractivity contribution < 1.29 is 19.1 Å². The highest BCUT2D eigenvalue weighted by Gasteiger charge is 2.29. The number of carbonyl (C=O) groups is 3. The number of nitrogens with one attached hydrogen (secondary N) is 2. The van der Waals surface area contributed by atoms with Gasteiger partial charge in [-0.1, -0.05) is 29.4 Å². The van der Waals surface area contributed by atoms with Crippen LogP contribution in [0.25, 0.3) is 0 Å². The van der Waals surface area contributed by atoms with Gasteiger partial charge < -0.3 is 15.4 Å². The van der Waals surface area contributed by atoms with E-state index in [2.05, 4.69) is 15.4 Å². The average Bonchev–Trinajstić information content (AvgIpc) is 2.78. The Balaban J connectivity index is 2.02. The number of halogens is 1. The first-order valence-corrected chi connectivity index (χ1v) is 7.09. The van der Waals surface area contributed by atoms with E-state index >= 15 is 0 Å². The molecule has 1 saturated heterocycles. The molecule has 0 unspecified atom stereocenters. The molecular formula is C13H11ClN2O4S. The topological polar surface area (TPSA) is 84.5 Å². The van der Waals surface area contributed by atoms with Crippen LogP contribution < -0.4 is 10.6 Å². The molecule has 110 valence electrons. The molecule has 0 aromatic heterocycles. The molecule has 1 heterocycles. The highest BCUT2D eigenvalue weighted by molar-refractivity contribution is 8.05. The van der Waals surface area contributed by atoms with Gasteiger partial charge in [-0.3, -0.25) is 9.59 Å². The Hall–Kier alpha value is -1.99. The van der Waals surface area contributed by atoms with Gasteiger partial charge in [0.25, 0.3) is 11.8 Å². The second-order valence-electron chi connectivity index (χ2n) is 3.99. The lowest BCUT2D eigenvalue weighted by atomic mass is 10.2. The molecule has 6 nitrogen and oxygen atoms in total. The summed E-state index contributed by atoms with van der Waals surface area (Å²) in [6.45, 7) is 0. The van der Waals surface area contributed by atoms with Gasteiger partial charge in [-0.25, -0.2) is 4.79 Å². The maximum atomic E-state index is 12.0. The van der Waals surface area contributed by atoms with Gasteiger partial charge >= 0.3 is 5.97 Å². The Kier molecular flexibility index (Phi) is 4.87. The minimum atomic E-state index is -0.653. The van der Waals surface area contributed by atoms with E-state index in [1.807, 2.05) is 0 Å². The van der Waals surface area contributed by atoms with Crippen molar-refractivity contribution in [3.8, 4) is 0 Å². The number of amides is 2. The van der Waals surface area contributed by atoms with Crippen LogP contribution in [0.2, 0.25) is 5.02 Å². The summed E-state index contributed by atoms with van der Waals surface area (Å²) in [5.74, 6) is -1.45. The molecule has 8 heteroatoms. The zero-order valence-corrected chi connectivity index (χ0v) is 12.5. The summed E-state index contributed by atoms with van der Waals surface area (Å²) in [6.07, 6.45) is 1.07. The van der Waals surface area contributed by atoms with E-state index in [4.69, 9.17) is 11.6 Å². The Bertz CT molecular complexity index is 632. The first-order valence-electron chi connectivity index (χ1n) is 5.83. The van der Waals surface area contributed by atoms with E-state index in [-0.39, 0.29) is 10.8 Å². The maximum Gasteiger partial charge on any atom is 0.331 e. The monoisotopic (exact) mass is 326 g/mol. The first-order chi connectivity index (χ1) is 9.99. The number of esters is 1. The van der Waals surface area contributed by atoms with Crippen molar-refractivity contribution in [1.29, 1.82) is 0 Å². The second-order valence-corrected chi connectivity index (χ2v) is 5.57. The second kappa shape index (κ2) is 6.64. The van der Waals surface area contributed by atoms with E-state index in [0.29, 0.717) is 10.6 Å². The minimum Gasteiger partial charge on any atom is -0.466 e. The normalized spacial score (nSPS) is 19.2. The fourth-order valence-electron chi connectivity index (χ4n) is 1.56. The third kappa shape index (κ3) is 3.99. The van der Waals surface area contributed by atoms with Crippen molar-refractivity contribution in [3.05, 3.63) is 45.8 Å². The van der Waals surface area contributed by atoms with Crippen molar-refractivity contribution in [1.82, 2.24) is 10.6 Å². The molecular weight excluding hydrogens is 316 g/mol. The van der Waals surface area contributed by atoms with Crippen LogP contribution >= 0.6 is 23.4 Å². The van der Waals surface area contributed by atoms with Crippen molar-refractivity contribution in [2.75, 3.05) is 7.11 Å². The van der Waals surface area contributed by atoms with Gasteiger partial charge in [-0.2, -0.15) is 0 Å². The lowest BCUT2D eigenvalue weighted by Gasteiger charge is -2.11. The number of thioether (sulfide) groups is 1. The van der Waals surface area contributed by atoms with E-state index in [9.17, 15) is 14.4 Å². The molecule has 2 rings (SSSR count). The summed E-state index contributed by atoms with van der Waals surface area (Å²) in [5.41, 5.74) is -0.275. The van der Waals surface area contributed by atoms with Gasteiger partial charge in [-0.05, 0) is 18.2 Å². The molecule has 1 fully saturated rings. The molecule has 21 heavy (non-hydrogen) atoms. The first kappa shape index (κ1) is 15.4. The fourth-order valence-corrected chi connectivity index (χ4v) is 2.67.